The third-order valence-electron chi connectivity index (χ3n) is 4.20. The van der Waals surface area contributed by atoms with Gasteiger partial charge >= 0.3 is 0 Å². The zero-order valence-corrected chi connectivity index (χ0v) is 11.3. The van der Waals surface area contributed by atoms with Crippen molar-refractivity contribution in [3.63, 3.8) is 0 Å². The molecule has 1 amide bonds. The van der Waals surface area contributed by atoms with Gasteiger partial charge in [0.2, 0.25) is 5.91 Å². The summed E-state index contributed by atoms with van der Waals surface area (Å²) in [5.74, 6) is 0.487. The predicted molar refractivity (Wildman–Crippen MR) is 69.2 cm³/mol. The summed E-state index contributed by atoms with van der Waals surface area (Å²) in [7, 11) is 0. The predicted octanol–water partition coefficient (Wildman–Crippen LogP) is 1.56. The third-order valence-corrected chi connectivity index (χ3v) is 4.20. The Hall–Kier alpha value is -0.610. The molecule has 4 nitrogen and oxygen atoms in total. The molecule has 0 radical (unpaired) electrons. The highest BCUT2D eigenvalue weighted by molar-refractivity contribution is 5.76. The second-order valence-corrected chi connectivity index (χ2v) is 5.66. The number of aliphatic hydroxyl groups excluding tert-OH is 1. The molecule has 18 heavy (non-hydrogen) atoms. The smallest absolute Gasteiger partial charge is 0.222 e. The number of hydrogen-bond acceptors (Lipinski definition) is 3. The van der Waals surface area contributed by atoms with Crippen molar-refractivity contribution in [2.45, 2.75) is 57.7 Å². The Kier molecular flexibility index (Phi) is 5.01. The van der Waals surface area contributed by atoms with E-state index >= 15 is 0 Å². The van der Waals surface area contributed by atoms with Crippen LogP contribution in [0.4, 0.5) is 0 Å². The number of piperidine rings is 1. The van der Waals surface area contributed by atoms with Crippen molar-refractivity contribution in [3.05, 3.63) is 0 Å². The topological polar surface area (TPSA) is 49.8 Å². The Morgan fingerprint density at radius 3 is 2.94 bits per heavy atom. The molecular weight excluding hydrogens is 230 g/mol. The van der Waals surface area contributed by atoms with Gasteiger partial charge in [-0.25, -0.2) is 0 Å². The van der Waals surface area contributed by atoms with Crippen LogP contribution >= 0.6 is 0 Å². The summed E-state index contributed by atoms with van der Waals surface area (Å²) in [6.07, 6.45) is 5.72. The minimum Gasteiger partial charge on any atom is -0.393 e. The van der Waals surface area contributed by atoms with Gasteiger partial charge in [0.15, 0.2) is 0 Å². The fraction of sp³-hybridized carbons (Fsp3) is 0.929. The van der Waals surface area contributed by atoms with Crippen LogP contribution in [0, 0.1) is 5.92 Å². The maximum Gasteiger partial charge on any atom is 0.222 e. The van der Waals surface area contributed by atoms with Gasteiger partial charge in [0, 0.05) is 32.0 Å². The van der Waals surface area contributed by atoms with E-state index in [0.29, 0.717) is 12.5 Å². The summed E-state index contributed by atoms with van der Waals surface area (Å²) < 4.78 is 5.54. The molecule has 2 rings (SSSR count). The Morgan fingerprint density at radius 1 is 1.44 bits per heavy atom. The molecule has 0 aromatic rings. The molecule has 2 saturated heterocycles. The number of amides is 1. The van der Waals surface area contributed by atoms with E-state index < -0.39 is 0 Å². The molecule has 2 heterocycles. The molecule has 0 aliphatic carbocycles. The van der Waals surface area contributed by atoms with Crippen molar-refractivity contribution < 1.29 is 14.6 Å². The molecule has 1 N–H and O–H groups in total. The fourth-order valence-corrected chi connectivity index (χ4v) is 2.94. The van der Waals surface area contributed by atoms with Gasteiger partial charge in [-0.3, -0.25) is 4.79 Å². The van der Waals surface area contributed by atoms with E-state index in [9.17, 15) is 9.90 Å². The van der Waals surface area contributed by atoms with Crippen LogP contribution in [0.3, 0.4) is 0 Å². The molecule has 0 aromatic carbocycles. The van der Waals surface area contributed by atoms with Gasteiger partial charge in [-0.05, 0) is 39.0 Å². The summed E-state index contributed by atoms with van der Waals surface area (Å²) in [6, 6.07) is 0. The molecule has 0 aromatic heterocycles. The van der Waals surface area contributed by atoms with Crippen molar-refractivity contribution >= 4 is 5.91 Å². The normalized spacial score (nSPS) is 30.4. The standard InChI is InChI=1S/C14H25NO3/c1-11(16)12-4-2-8-15(10-12)14(17)7-6-13-5-3-9-18-13/h11-13,16H,2-10H2,1H3. The summed E-state index contributed by atoms with van der Waals surface area (Å²) in [4.78, 5) is 14.0. The zero-order valence-electron chi connectivity index (χ0n) is 11.3. The van der Waals surface area contributed by atoms with Crippen LogP contribution in [0.2, 0.25) is 0 Å². The third kappa shape index (κ3) is 3.69. The van der Waals surface area contributed by atoms with Crippen LogP contribution in [0.25, 0.3) is 0 Å². The lowest BCUT2D eigenvalue weighted by molar-refractivity contribution is -0.134. The molecule has 2 fully saturated rings. The van der Waals surface area contributed by atoms with Crippen molar-refractivity contribution in [2.75, 3.05) is 19.7 Å². The van der Waals surface area contributed by atoms with Gasteiger partial charge in [-0.1, -0.05) is 0 Å². The van der Waals surface area contributed by atoms with Crippen LogP contribution in [0.5, 0.6) is 0 Å². The van der Waals surface area contributed by atoms with Crippen LogP contribution < -0.4 is 0 Å². The average Bonchev–Trinajstić information content (AvgIpc) is 2.89. The van der Waals surface area contributed by atoms with Crippen molar-refractivity contribution in [1.82, 2.24) is 4.90 Å². The lowest BCUT2D eigenvalue weighted by Gasteiger charge is -2.34. The largest absolute Gasteiger partial charge is 0.393 e. The van der Waals surface area contributed by atoms with Crippen LogP contribution in [0.1, 0.15) is 45.4 Å². The highest BCUT2D eigenvalue weighted by Crippen LogP contribution is 2.22. The van der Waals surface area contributed by atoms with Gasteiger partial charge < -0.3 is 14.7 Å². The summed E-state index contributed by atoms with van der Waals surface area (Å²) in [5.41, 5.74) is 0. The van der Waals surface area contributed by atoms with Gasteiger partial charge in [-0.2, -0.15) is 0 Å². The Morgan fingerprint density at radius 2 is 2.28 bits per heavy atom. The highest BCUT2D eigenvalue weighted by atomic mass is 16.5. The van der Waals surface area contributed by atoms with Crippen molar-refractivity contribution in [3.8, 4) is 0 Å². The molecule has 104 valence electrons. The molecule has 3 atom stereocenters. The Balaban J connectivity index is 1.73. The number of aliphatic hydroxyl groups is 1. The van der Waals surface area contributed by atoms with Gasteiger partial charge in [0.05, 0.1) is 12.2 Å². The average molecular weight is 255 g/mol. The first kappa shape index (κ1) is 13.8. The van der Waals surface area contributed by atoms with E-state index in [1.54, 1.807) is 0 Å². The van der Waals surface area contributed by atoms with Crippen molar-refractivity contribution in [2.24, 2.45) is 5.92 Å². The van der Waals surface area contributed by atoms with E-state index in [0.717, 1.165) is 51.8 Å². The molecule has 3 unspecified atom stereocenters. The first-order chi connectivity index (χ1) is 8.66. The van der Waals surface area contributed by atoms with Gasteiger partial charge in [-0.15, -0.1) is 0 Å². The highest BCUT2D eigenvalue weighted by Gasteiger charge is 2.27. The monoisotopic (exact) mass is 255 g/mol. The van der Waals surface area contributed by atoms with Crippen LogP contribution in [-0.4, -0.2) is 47.8 Å². The van der Waals surface area contributed by atoms with Gasteiger partial charge in [0.25, 0.3) is 0 Å². The first-order valence-electron chi connectivity index (χ1n) is 7.24. The number of hydrogen-bond donors (Lipinski definition) is 1. The number of carbonyl (C=O) groups is 1. The van der Waals surface area contributed by atoms with Gasteiger partial charge in [0.1, 0.15) is 0 Å². The molecule has 0 bridgehead atoms. The summed E-state index contributed by atoms with van der Waals surface area (Å²) in [6.45, 7) is 4.26. The maximum absolute atomic E-state index is 12.1. The Labute approximate surface area is 109 Å². The quantitative estimate of drug-likeness (QED) is 0.829. The molecule has 4 heteroatoms. The van der Waals surface area contributed by atoms with Crippen molar-refractivity contribution in [1.29, 1.82) is 0 Å². The molecule has 2 aliphatic rings. The first-order valence-corrected chi connectivity index (χ1v) is 7.24. The van der Waals surface area contributed by atoms with E-state index in [1.165, 1.54) is 0 Å². The zero-order chi connectivity index (χ0) is 13.0. The number of rotatable bonds is 4. The second kappa shape index (κ2) is 6.53. The molecule has 0 spiro atoms. The SMILES string of the molecule is CC(O)C1CCCN(C(=O)CCC2CCCO2)C1. The number of nitrogens with zero attached hydrogens (tertiary/aromatic N) is 1. The number of ether oxygens (including phenoxy) is 1. The summed E-state index contributed by atoms with van der Waals surface area (Å²) >= 11 is 0. The number of likely N-dealkylation sites (tertiary alicyclic amines) is 1. The van der Waals surface area contributed by atoms with E-state index in [-0.39, 0.29) is 17.9 Å². The van der Waals surface area contributed by atoms with E-state index in [4.69, 9.17) is 4.74 Å². The lowest BCUT2D eigenvalue weighted by Crippen LogP contribution is -2.43. The minimum absolute atomic E-state index is 0.232. The van der Waals surface area contributed by atoms with E-state index in [1.807, 2.05) is 11.8 Å². The Bertz CT molecular complexity index is 274. The van der Waals surface area contributed by atoms with Crippen LogP contribution in [-0.2, 0) is 9.53 Å². The lowest BCUT2D eigenvalue weighted by atomic mass is 9.93. The number of carbonyl (C=O) groups excluding carboxylic acids is 1. The maximum atomic E-state index is 12.1. The molecule has 0 saturated carbocycles. The molecule has 2 aliphatic heterocycles. The summed E-state index contributed by atoms with van der Waals surface area (Å²) in [5, 5.41) is 9.62. The van der Waals surface area contributed by atoms with E-state index in [2.05, 4.69) is 0 Å². The van der Waals surface area contributed by atoms with Crippen LogP contribution in [0.15, 0.2) is 0 Å². The second-order valence-electron chi connectivity index (χ2n) is 5.66. The fourth-order valence-electron chi connectivity index (χ4n) is 2.94. The molecular formula is C14H25NO3. The minimum atomic E-state index is -0.307.